The molecule has 1 aromatic carbocycles. The van der Waals surface area contributed by atoms with Gasteiger partial charge < -0.3 is 5.32 Å². The van der Waals surface area contributed by atoms with Crippen LogP contribution in [0.1, 0.15) is 38.2 Å². The van der Waals surface area contributed by atoms with Crippen molar-refractivity contribution in [1.29, 1.82) is 0 Å². The van der Waals surface area contributed by atoms with E-state index in [1.54, 1.807) is 6.07 Å². The Labute approximate surface area is 125 Å². The Balaban J connectivity index is 1.71. The maximum Gasteiger partial charge on any atom is 0.130 e. The fourth-order valence-electron chi connectivity index (χ4n) is 3.38. The van der Waals surface area contributed by atoms with Gasteiger partial charge in [0.05, 0.1) is 0 Å². The Kier molecular flexibility index (Phi) is 4.55. The van der Waals surface area contributed by atoms with Crippen LogP contribution in [0.15, 0.2) is 18.2 Å². The minimum Gasteiger partial charge on any atom is -0.311 e. The highest BCUT2D eigenvalue weighted by molar-refractivity contribution is 5.19. The number of nitrogens with zero attached hydrogens (tertiary/aromatic N) is 1. The molecule has 2 unspecified atom stereocenters. The molecule has 1 aromatic rings. The summed E-state index contributed by atoms with van der Waals surface area (Å²) in [6.07, 6.45) is 4.87. The minimum absolute atomic E-state index is 0.424. The third-order valence-corrected chi connectivity index (χ3v) is 4.76. The van der Waals surface area contributed by atoms with E-state index in [0.717, 1.165) is 37.9 Å². The Bertz CT molecular complexity index is 488. The first-order chi connectivity index (χ1) is 10.2. The van der Waals surface area contributed by atoms with E-state index in [0.29, 0.717) is 24.2 Å². The standard InChI is InChI=1S/C17H24F2N2/c1-2-3-15-9-20-17(12-4-5-12)11-21(15)10-13-6-7-14(18)8-16(13)19/h6-8,12,15,17,20H,2-5,9-11H2,1H3. The van der Waals surface area contributed by atoms with Crippen molar-refractivity contribution in [2.75, 3.05) is 13.1 Å². The maximum atomic E-state index is 13.9. The molecule has 116 valence electrons. The molecule has 3 rings (SSSR count). The summed E-state index contributed by atoms with van der Waals surface area (Å²) in [5.41, 5.74) is 0.606. The van der Waals surface area contributed by atoms with E-state index in [1.165, 1.54) is 18.9 Å². The zero-order chi connectivity index (χ0) is 14.8. The van der Waals surface area contributed by atoms with Crippen LogP contribution in [0.4, 0.5) is 8.78 Å². The smallest absolute Gasteiger partial charge is 0.130 e. The zero-order valence-electron chi connectivity index (χ0n) is 12.6. The van der Waals surface area contributed by atoms with Gasteiger partial charge in [0.25, 0.3) is 0 Å². The molecule has 0 radical (unpaired) electrons. The van der Waals surface area contributed by atoms with Gasteiger partial charge in [-0.25, -0.2) is 8.78 Å². The summed E-state index contributed by atoms with van der Waals surface area (Å²) in [5.74, 6) is -0.127. The van der Waals surface area contributed by atoms with Crippen molar-refractivity contribution in [2.24, 2.45) is 5.92 Å². The molecule has 0 spiro atoms. The Morgan fingerprint density at radius 3 is 2.76 bits per heavy atom. The zero-order valence-corrected chi connectivity index (χ0v) is 12.6. The average molecular weight is 294 g/mol. The first-order valence-electron chi connectivity index (χ1n) is 8.08. The lowest BCUT2D eigenvalue weighted by atomic mass is 10.0. The predicted octanol–water partition coefficient (Wildman–Crippen LogP) is 3.32. The topological polar surface area (TPSA) is 15.3 Å². The molecule has 1 aliphatic carbocycles. The van der Waals surface area contributed by atoms with E-state index < -0.39 is 11.6 Å². The lowest BCUT2D eigenvalue weighted by Crippen LogP contribution is -2.56. The normalized spacial score (nSPS) is 27.0. The van der Waals surface area contributed by atoms with Crippen LogP contribution < -0.4 is 5.32 Å². The highest BCUT2D eigenvalue weighted by atomic mass is 19.1. The summed E-state index contributed by atoms with van der Waals surface area (Å²) in [6, 6.07) is 4.93. The molecule has 0 bridgehead atoms. The molecule has 2 fully saturated rings. The van der Waals surface area contributed by atoms with Gasteiger partial charge in [-0.05, 0) is 31.2 Å². The van der Waals surface area contributed by atoms with Gasteiger partial charge in [0.1, 0.15) is 11.6 Å². The molecular formula is C17H24F2N2. The van der Waals surface area contributed by atoms with Crippen LogP contribution in [0.5, 0.6) is 0 Å². The third-order valence-electron chi connectivity index (χ3n) is 4.76. The van der Waals surface area contributed by atoms with Crippen molar-refractivity contribution in [3.8, 4) is 0 Å². The number of benzene rings is 1. The van der Waals surface area contributed by atoms with E-state index in [9.17, 15) is 8.78 Å². The van der Waals surface area contributed by atoms with Crippen LogP contribution >= 0.6 is 0 Å². The van der Waals surface area contributed by atoms with Gasteiger partial charge in [0, 0.05) is 43.3 Å². The Morgan fingerprint density at radius 2 is 2.10 bits per heavy atom. The predicted molar refractivity (Wildman–Crippen MR) is 80.0 cm³/mol. The van der Waals surface area contributed by atoms with Crippen molar-refractivity contribution in [1.82, 2.24) is 10.2 Å². The lowest BCUT2D eigenvalue weighted by Gasteiger charge is -2.41. The van der Waals surface area contributed by atoms with Crippen LogP contribution in [0.2, 0.25) is 0 Å². The largest absolute Gasteiger partial charge is 0.311 e. The molecular weight excluding hydrogens is 270 g/mol. The highest BCUT2D eigenvalue weighted by Gasteiger charge is 2.36. The monoisotopic (exact) mass is 294 g/mol. The number of halogens is 2. The summed E-state index contributed by atoms with van der Waals surface area (Å²) in [4.78, 5) is 2.39. The van der Waals surface area contributed by atoms with Crippen LogP contribution in [0.25, 0.3) is 0 Å². The van der Waals surface area contributed by atoms with Crippen LogP contribution in [0.3, 0.4) is 0 Å². The molecule has 0 amide bonds. The molecule has 1 saturated carbocycles. The molecule has 1 aliphatic heterocycles. The van der Waals surface area contributed by atoms with Gasteiger partial charge in [-0.1, -0.05) is 19.4 Å². The first-order valence-corrected chi connectivity index (χ1v) is 8.08. The van der Waals surface area contributed by atoms with Crippen molar-refractivity contribution in [3.05, 3.63) is 35.4 Å². The number of hydrogen-bond donors (Lipinski definition) is 1. The lowest BCUT2D eigenvalue weighted by molar-refractivity contribution is 0.107. The molecule has 0 aromatic heterocycles. The summed E-state index contributed by atoms with van der Waals surface area (Å²) < 4.78 is 26.9. The maximum absolute atomic E-state index is 13.9. The number of piperazine rings is 1. The SMILES string of the molecule is CCCC1CNC(C2CC2)CN1Cc1ccc(F)cc1F. The summed E-state index contributed by atoms with van der Waals surface area (Å²) in [7, 11) is 0. The molecule has 1 heterocycles. The van der Waals surface area contributed by atoms with Crippen molar-refractivity contribution >= 4 is 0 Å². The van der Waals surface area contributed by atoms with Gasteiger partial charge >= 0.3 is 0 Å². The van der Waals surface area contributed by atoms with Crippen LogP contribution in [-0.4, -0.2) is 30.1 Å². The molecule has 1 N–H and O–H groups in total. The quantitative estimate of drug-likeness (QED) is 0.896. The summed E-state index contributed by atoms with van der Waals surface area (Å²) in [5, 5.41) is 3.66. The minimum atomic E-state index is -0.502. The summed E-state index contributed by atoms with van der Waals surface area (Å²) >= 11 is 0. The van der Waals surface area contributed by atoms with E-state index in [-0.39, 0.29) is 0 Å². The van der Waals surface area contributed by atoms with Gasteiger partial charge in [-0.3, -0.25) is 4.90 Å². The second-order valence-electron chi connectivity index (χ2n) is 6.46. The van der Waals surface area contributed by atoms with E-state index in [1.807, 2.05) is 0 Å². The van der Waals surface area contributed by atoms with Gasteiger partial charge in [0.2, 0.25) is 0 Å². The molecule has 1 saturated heterocycles. The van der Waals surface area contributed by atoms with Crippen molar-refractivity contribution in [3.63, 3.8) is 0 Å². The second-order valence-corrected chi connectivity index (χ2v) is 6.46. The average Bonchev–Trinajstić information content (AvgIpc) is 3.28. The molecule has 4 heteroatoms. The Hall–Kier alpha value is -1.00. The van der Waals surface area contributed by atoms with Gasteiger partial charge in [0.15, 0.2) is 0 Å². The first kappa shape index (κ1) is 14.9. The fraction of sp³-hybridized carbons (Fsp3) is 0.647. The number of hydrogen-bond acceptors (Lipinski definition) is 2. The molecule has 2 atom stereocenters. The van der Waals surface area contributed by atoms with Crippen LogP contribution in [-0.2, 0) is 6.54 Å². The second kappa shape index (κ2) is 6.41. The van der Waals surface area contributed by atoms with Gasteiger partial charge in [-0.15, -0.1) is 0 Å². The van der Waals surface area contributed by atoms with Crippen molar-refractivity contribution in [2.45, 2.75) is 51.2 Å². The van der Waals surface area contributed by atoms with E-state index in [4.69, 9.17) is 0 Å². The van der Waals surface area contributed by atoms with E-state index >= 15 is 0 Å². The molecule has 21 heavy (non-hydrogen) atoms. The number of nitrogens with one attached hydrogen (secondary N) is 1. The van der Waals surface area contributed by atoms with E-state index in [2.05, 4.69) is 17.1 Å². The van der Waals surface area contributed by atoms with Crippen molar-refractivity contribution < 1.29 is 8.78 Å². The molecule has 2 nitrogen and oxygen atoms in total. The highest BCUT2D eigenvalue weighted by Crippen LogP contribution is 2.35. The fourth-order valence-corrected chi connectivity index (χ4v) is 3.38. The van der Waals surface area contributed by atoms with Crippen LogP contribution in [0, 0.1) is 17.6 Å². The number of rotatable bonds is 5. The summed E-state index contributed by atoms with van der Waals surface area (Å²) in [6.45, 7) is 4.73. The van der Waals surface area contributed by atoms with Gasteiger partial charge in [-0.2, -0.15) is 0 Å². The molecule has 2 aliphatic rings. The third kappa shape index (κ3) is 3.61. The Morgan fingerprint density at radius 1 is 1.29 bits per heavy atom.